The summed E-state index contributed by atoms with van der Waals surface area (Å²) in [7, 11) is 2.96. The van der Waals surface area contributed by atoms with Gasteiger partial charge in [0.2, 0.25) is 0 Å². The van der Waals surface area contributed by atoms with Crippen molar-refractivity contribution in [1.29, 1.82) is 0 Å². The highest BCUT2D eigenvalue weighted by Gasteiger charge is 2.19. The minimum absolute atomic E-state index is 0.320. The van der Waals surface area contributed by atoms with Crippen molar-refractivity contribution in [2.45, 2.75) is 12.1 Å². The first kappa shape index (κ1) is 19.0. The van der Waals surface area contributed by atoms with Crippen LogP contribution in [0, 0.1) is 6.92 Å². The van der Waals surface area contributed by atoms with Crippen molar-refractivity contribution in [2.75, 3.05) is 39.0 Å². The van der Waals surface area contributed by atoms with Crippen LogP contribution in [0.3, 0.4) is 0 Å². The molecule has 2 rings (SSSR count). The van der Waals surface area contributed by atoms with Crippen LogP contribution >= 0.6 is 11.8 Å². The molecular formula is C17H21N3O4S. The van der Waals surface area contributed by atoms with E-state index in [9.17, 15) is 4.79 Å². The molecule has 0 saturated carbocycles. The molecule has 1 heterocycles. The lowest BCUT2D eigenvalue weighted by molar-refractivity contribution is 0.0600. The van der Waals surface area contributed by atoms with Gasteiger partial charge in [0.05, 0.1) is 19.4 Å². The fourth-order valence-corrected chi connectivity index (χ4v) is 2.50. The molecule has 7 nitrogen and oxygen atoms in total. The number of benzene rings is 1. The molecular weight excluding hydrogens is 342 g/mol. The zero-order valence-electron chi connectivity index (χ0n) is 14.7. The van der Waals surface area contributed by atoms with Gasteiger partial charge in [0, 0.05) is 12.8 Å². The molecule has 134 valence electrons. The van der Waals surface area contributed by atoms with E-state index in [1.54, 1.807) is 14.0 Å². The van der Waals surface area contributed by atoms with E-state index in [0.29, 0.717) is 35.4 Å². The zero-order chi connectivity index (χ0) is 18.2. The van der Waals surface area contributed by atoms with E-state index in [1.165, 1.54) is 18.9 Å². The monoisotopic (exact) mass is 363 g/mol. The highest BCUT2D eigenvalue weighted by Crippen LogP contribution is 2.25. The quantitative estimate of drug-likeness (QED) is 0.332. The Balaban J connectivity index is 2.23. The largest absolute Gasteiger partial charge is 0.491 e. The summed E-state index contributed by atoms with van der Waals surface area (Å²) in [5, 5.41) is 3.73. The number of aromatic nitrogens is 2. The molecule has 0 unspecified atom stereocenters. The van der Waals surface area contributed by atoms with Gasteiger partial charge in [0.25, 0.3) is 0 Å². The first-order valence-corrected chi connectivity index (χ1v) is 8.81. The molecule has 0 fully saturated rings. The molecule has 0 atom stereocenters. The third kappa shape index (κ3) is 5.07. The molecule has 2 aromatic rings. The fraction of sp³-hybridized carbons (Fsp3) is 0.353. The number of hydrogen-bond acceptors (Lipinski definition) is 8. The number of carbonyl (C=O) groups is 1. The molecule has 0 saturated heterocycles. The van der Waals surface area contributed by atoms with Crippen LogP contribution in [0.15, 0.2) is 29.4 Å². The summed E-state index contributed by atoms with van der Waals surface area (Å²) in [6, 6.07) is 7.36. The highest BCUT2D eigenvalue weighted by atomic mass is 32.2. The van der Waals surface area contributed by atoms with Gasteiger partial charge in [0.1, 0.15) is 23.7 Å². The number of nitrogens with one attached hydrogen (secondary N) is 1. The maximum Gasteiger partial charge on any atom is 0.343 e. The highest BCUT2D eigenvalue weighted by molar-refractivity contribution is 7.98. The maximum absolute atomic E-state index is 12.1. The van der Waals surface area contributed by atoms with Crippen molar-refractivity contribution in [1.82, 2.24) is 9.97 Å². The predicted octanol–water partition coefficient (Wildman–Crippen LogP) is 3.06. The van der Waals surface area contributed by atoms with Crippen LogP contribution in [0.25, 0.3) is 0 Å². The minimum atomic E-state index is -0.479. The SMILES string of the molecule is COCCOc1ccc(Nc2nc(SC)nc(C)c2C(=O)OC)cc1. The van der Waals surface area contributed by atoms with E-state index >= 15 is 0 Å². The number of thioether (sulfide) groups is 1. The number of anilines is 2. The van der Waals surface area contributed by atoms with Gasteiger partial charge in [-0.1, -0.05) is 11.8 Å². The molecule has 1 aromatic heterocycles. The molecule has 0 radical (unpaired) electrons. The molecule has 25 heavy (non-hydrogen) atoms. The number of aryl methyl sites for hydroxylation is 1. The van der Waals surface area contributed by atoms with Gasteiger partial charge in [-0.3, -0.25) is 0 Å². The fourth-order valence-electron chi connectivity index (χ4n) is 2.09. The second-order valence-corrected chi connectivity index (χ2v) is 5.77. The Morgan fingerprint density at radius 3 is 2.48 bits per heavy atom. The van der Waals surface area contributed by atoms with Gasteiger partial charge in [-0.2, -0.15) is 0 Å². The molecule has 0 aliphatic carbocycles. The van der Waals surface area contributed by atoms with Crippen molar-refractivity contribution in [3.63, 3.8) is 0 Å². The molecule has 8 heteroatoms. The average Bonchev–Trinajstić information content (AvgIpc) is 2.62. The number of rotatable bonds is 8. The van der Waals surface area contributed by atoms with E-state index in [0.717, 1.165) is 11.4 Å². The molecule has 0 aliphatic heterocycles. The first-order valence-electron chi connectivity index (χ1n) is 7.58. The molecule has 0 amide bonds. The van der Waals surface area contributed by atoms with E-state index in [-0.39, 0.29) is 0 Å². The number of nitrogens with zero attached hydrogens (tertiary/aromatic N) is 2. The van der Waals surface area contributed by atoms with Gasteiger partial charge in [-0.15, -0.1) is 0 Å². The first-order chi connectivity index (χ1) is 12.1. The van der Waals surface area contributed by atoms with Crippen LogP contribution in [0.4, 0.5) is 11.5 Å². The number of esters is 1. The smallest absolute Gasteiger partial charge is 0.343 e. The van der Waals surface area contributed by atoms with Crippen LogP contribution in [0.1, 0.15) is 16.1 Å². The standard InChI is InChI=1S/C17H21N3O4S/c1-11-14(16(21)23-3)15(20-17(18-11)25-4)19-12-5-7-13(8-6-12)24-10-9-22-2/h5-8H,9-10H2,1-4H3,(H,18,19,20). The van der Waals surface area contributed by atoms with Gasteiger partial charge < -0.3 is 19.5 Å². The maximum atomic E-state index is 12.1. The summed E-state index contributed by atoms with van der Waals surface area (Å²) in [6.45, 7) is 2.77. The molecule has 0 spiro atoms. The van der Waals surface area contributed by atoms with E-state index in [2.05, 4.69) is 15.3 Å². The minimum Gasteiger partial charge on any atom is -0.491 e. The summed E-state index contributed by atoms with van der Waals surface area (Å²) in [4.78, 5) is 20.8. The lowest BCUT2D eigenvalue weighted by atomic mass is 10.2. The number of carbonyl (C=O) groups excluding carboxylic acids is 1. The second-order valence-electron chi connectivity index (χ2n) is 5.00. The Kier molecular flexibility index (Phi) is 7.03. The van der Waals surface area contributed by atoms with Crippen LogP contribution in [-0.4, -0.2) is 49.6 Å². The normalized spacial score (nSPS) is 10.4. The molecule has 1 N–H and O–H groups in total. The summed E-state index contributed by atoms with van der Waals surface area (Å²) in [6.07, 6.45) is 1.88. The molecule has 0 bridgehead atoms. The zero-order valence-corrected chi connectivity index (χ0v) is 15.5. The van der Waals surface area contributed by atoms with Crippen molar-refractivity contribution >= 4 is 29.2 Å². The van der Waals surface area contributed by atoms with E-state index in [4.69, 9.17) is 14.2 Å². The number of ether oxygens (including phenoxy) is 3. The Hall–Kier alpha value is -2.32. The van der Waals surface area contributed by atoms with Crippen molar-refractivity contribution in [2.24, 2.45) is 0 Å². The Labute approximate surface area is 151 Å². The Bertz CT molecular complexity index is 723. The lowest BCUT2D eigenvalue weighted by Crippen LogP contribution is -2.12. The van der Waals surface area contributed by atoms with Crippen molar-refractivity contribution < 1.29 is 19.0 Å². The van der Waals surface area contributed by atoms with Crippen molar-refractivity contribution in [3.05, 3.63) is 35.5 Å². The van der Waals surface area contributed by atoms with E-state index < -0.39 is 5.97 Å². The summed E-state index contributed by atoms with van der Waals surface area (Å²) in [5.74, 6) is 0.670. The van der Waals surface area contributed by atoms with Crippen LogP contribution in [0.5, 0.6) is 5.75 Å². The molecule has 0 aliphatic rings. The topological polar surface area (TPSA) is 82.6 Å². The van der Waals surface area contributed by atoms with Gasteiger partial charge in [0.15, 0.2) is 5.16 Å². The predicted molar refractivity (Wildman–Crippen MR) is 97.0 cm³/mol. The Morgan fingerprint density at radius 1 is 1.16 bits per heavy atom. The molecule has 1 aromatic carbocycles. The third-order valence-corrected chi connectivity index (χ3v) is 3.86. The van der Waals surface area contributed by atoms with Crippen LogP contribution < -0.4 is 10.1 Å². The summed E-state index contributed by atoms with van der Waals surface area (Å²) >= 11 is 1.40. The number of methoxy groups -OCH3 is 2. The van der Waals surface area contributed by atoms with Gasteiger partial charge in [-0.05, 0) is 37.4 Å². The Morgan fingerprint density at radius 2 is 1.88 bits per heavy atom. The lowest BCUT2D eigenvalue weighted by Gasteiger charge is -2.13. The van der Waals surface area contributed by atoms with Crippen LogP contribution in [-0.2, 0) is 9.47 Å². The van der Waals surface area contributed by atoms with Crippen LogP contribution in [0.2, 0.25) is 0 Å². The van der Waals surface area contributed by atoms with Crippen molar-refractivity contribution in [3.8, 4) is 5.75 Å². The van der Waals surface area contributed by atoms with Gasteiger partial charge >= 0.3 is 5.97 Å². The van der Waals surface area contributed by atoms with E-state index in [1.807, 2.05) is 30.5 Å². The summed E-state index contributed by atoms with van der Waals surface area (Å²) < 4.78 is 15.3. The average molecular weight is 363 g/mol. The third-order valence-electron chi connectivity index (χ3n) is 3.31. The summed E-state index contributed by atoms with van der Waals surface area (Å²) in [5.41, 5.74) is 1.66. The second kappa shape index (κ2) is 9.24. The van der Waals surface area contributed by atoms with Gasteiger partial charge in [-0.25, -0.2) is 14.8 Å². The number of hydrogen-bond donors (Lipinski definition) is 1.